The van der Waals surface area contributed by atoms with Crippen LogP contribution in [0.25, 0.3) is 0 Å². The van der Waals surface area contributed by atoms with Crippen molar-refractivity contribution >= 4 is 7.82 Å². The molecule has 7 heteroatoms. The van der Waals surface area contributed by atoms with Crippen LogP contribution in [0.2, 0.25) is 0 Å². The van der Waals surface area contributed by atoms with E-state index in [4.69, 9.17) is 13.8 Å². The quantitative estimate of drug-likeness (QED) is 0.129. The number of hydrogen-bond acceptors (Lipinski definition) is 5. The Morgan fingerprint density at radius 2 is 1.19 bits per heavy atom. The molecule has 1 aromatic heterocycles. The van der Waals surface area contributed by atoms with E-state index in [1.165, 1.54) is 70.6 Å². The first-order valence-electron chi connectivity index (χ1n) is 12.3. The molecule has 0 saturated heterocycles. The third kappa shape index (κ3) is 18.5. The molecule has 1 unspecified atom stereocenters. The molecule has 1 aromatic rings. The van der Waals surface area contributed by atoms with Gasteiger partial charge in [0.1, 0.15) is 6.61 Å². The molecule has 0 amide bonds. The molecular weight excluding hydrogens is 413 g/mol. The maximum absolute atomic E-state index is 11.7. The monoisotopic (exact) mass is 457 g/mol. The van der Waals surface area contributed by atoms with Crippen LogP contribution in [0.5, 0.6) is 0 Å². The van der Waals surface area contributed by atoms with E-state index in [0.717, 1.165) is 12.8 Å². The fraction of sp³-hybridized carbons (Fsp3) is 0.792. The zero-order valence-electron chi connectivity index (χ0n) is 19.6. The molecule has 1 heterocycles. The number of nitrogens with zero attached hydrogens (tertiary/aromatic N) is 1. The predicted molar refractivity (Wildman–Crippen MR) is 123 cm³/mol. The third-order valence-corrected chi connectivity index (χ3v) is 6.24. The van der Waals surface area contributed by atoms with Crippen molar-refractivity contribution in [1.29, 1.82) is 0 Å². The highest BCUT2D eigenvalue weighted by molar-refractivity contribution is 7.45. The van der Waals surface area contributed by atoms with Crippen LogP contribution in [0, 0.1) is 0 Å². The first-order valence-corrected chi connectivity index (χ1v) is 13.7. The van der Waals surface area contributed by atoms with Crippen LogP contribution < -0.4 is 9.46 Å². The molecule has 0 aromatic carbocycles. The lowest BCUT2D eigenvalue weighted by Crippen LogP contribution is -2.34. The summed E-state index contributed by atoms with van der Waals surface area (Å²) in [6.45, 7) is 3.68. The molecule has 1 atom stereocenters. The van der Waals surface area contributed by atoms with Gasteiger partial charge in [-0.05, 0) is 6.42 Å². The van der Waals surface area contributed by atoms with Crippen LogP contribution in [0.1, 0.15) is 90.4 Å². The molecule has 6 nitrogen and oxygen atoms in total. The largest absolute Gasteiger partial charge is 0.756 e. The summed E-state index contributed by atoms with van der Waals surface area (Å²) in [5.41, 5.74) is 0. The SMILES string of the molecule is CCCCCCCCCCCCCCCOCCOP(=O)([O-])OCC[n+]1ccccc1. The Bertz CT molecular complexity index is 558. The van der Waals surface area contributed by atoms with Gasteiger partial charge in [0.05, 0.1) is 13.2 Å². The van der Waals surface area contributed by atoms with Gasteiger partial charge in [-0.15, -0.1) is 0 Å². The van der Waals surface area contributed by atoms with Gasteiger partial charge in [0, 0.05) is 18.7 Å². The van der Waals surface area contributed by atoms with Crippen molar-refractivity contribution in [2.75, 3.05) is 26.4 Å². The van der Waals surface area contributed by atoms with E-state index in [0.29, 0.717) is 13.2 Å². The highest BCUT2D eigenvalue weighted by atomic mass is 31.2. The summed E-state index contributed by atoms with van der Waals surface area (Å²) >= 11 is 0. The van der Waals surface area contributed by atoms with E-state index < -0.39 is 7.82 Å². The summed E-state index contributed by atoms with van der Waals surface area (Å²) in [4.78, 5) is 11.7. The summed E-state index contributed by atoms with van der Waals surface area (Å²) in [6, 6.07) is 5.65. The van der Waals surface area contributed by atoms with Gasteiger partial charge in [0.2, 0.25) is 0 Å². The summed E-state index contributed by atoms with van der Waals surface area (Å²) < 4.78 is 28.7. The molecule has 0 aliphatic rings. The van der Waals surface area contributed by atoms with Crippen molar-refractivity contribution in [3.8, 4) is 0 Å². The van der Waals surface area contributed by atoms with Crippen LogP contribution >= 0.6 is 7.82 Å². The lowest BCUT2D eigenvalue weighted by Gasteiger charge is -2.21. The van der Waals surface area contributed by atoms with Gasteiger partial charge in [-0.3, -0.25) is 4.57 Å². The minimum atomic E-state index is -4.26. The van der Waals surface area contributed by atoms with E-state index >= 15 is 0 Å². The van der Waals surface area contributed by atoms with Crippen molar-refractivity contribution < 1.29 is 27.8 Å². The second kappa shape index (κ2) is 19.9. The Kier molecular flexibility index (Phi) is 18.1. The highest BCUT2D eigenvalue weighted by Crippen LogP contribution is 2.37. The highest BCUT2D eigenvalue weighted by Gasteiger charge is 2.10. The molecule has 0 N–H and O–H groups in total. The molecule has 0 aliphatic heterocycles. The normalized spacial score (nSPS) is 13.4. The molecule has 180 valence electrons. The van der Waals surface area contributed by atoms with Gasteiger partial charge in [-0.2, -0.15) is 0 Å². The Morgan fingerprint density at radius 1 is 0.677 bits per heavy atom. The van der Waals surface area contributed by atoms with E-state index in [-0.39, 0.29) is 19.8 Å². The zero-order chi connectivity index (χ0) is 22.5. The Balaban J connectivity index is 1.81. The lowest BCUT2D eigenvalue weighted by atomic mass is 10.0. The number of phosphoric ester groups is 1. The average molecular weight is 458 g/mol. The molecule has 0 aliphatic carbocycles. The van der Waals surface area contributed by atoms with Crippen molar-refractivity contribution in [3.63, 3.8) is 0 Å². The van der Waals surface area contributed by atoms with Gasteiger partial charge < -0.3 is 18.7 Å². The zero-order valence-corrected chi connectivity index (χ0v) is 20.4. The number of unbranched alkanes of at least 4 members (excludes halogenated alkanes) is 12. The third-order valence-electron chi connectivity index (χ3n) is 5.25. The molecular formula is C24H44NO5P. The number of pyridine rings is 1. The fourth-order valence-electron chi connectivity index (χ4n) is 3.41. The minimum Gasteiger partial charge on any atom is -0.756 e. The van der Waals surface area contributed by atoms with Crippen LogP contribution in [-0.4, -0.2) is 26.4 Å². The summed E-state index contributed by atoms with van der Waals surface area (Å²) in [6.07, 6.45) is 20.8. The van der Waals surface area contributed by atoms with E-state index in [9.17, 15) is 9.46 Å². The van der Waals surface area contributed by atoms with Gasteiger partial charge in [-0.1, -0.05) is 90.0 Å². The van der Waals surface area contributed by atoms with Gasteiger partial charge in [0.15, 0.2) is 18.9 Å². The smallest absolute Gasteiger partial charge is 0.268 e. The van der Waals surface area contributed by atoms with Gasteiger partial charge in [0.25, 0.3) is 7.82 Å². The second-order valence-corrected chi connectivity index (χ2v) is 9.49. The molecule has 0 fully saturated rings. The first-order chi connectivity index (χ1) is 15.1. The van der Waals surface area contributed by atoms with E-state index in [1.807, 2.05) is 35.2 Å². The summed E-state index contributed by atoms with van der Waals surface area (Å²) in [5.74, 6) is 0. The standard InChI is InChI=1S/C24H44NO5P/c1-2-3-4-5-6-7-8-9-10-11-12-13-17-21-28-23-24-30-31(26,27)29-22-20-25-18-15-14-16-19-25/h14-16,18-19H,2-13,17,20-24H2,1H3. The summed E-state index contributed by atoms with van der Waals surface area (Å²) in [7, 11) is -4.26. The molecule has 0 bridgehead atoms. The van der Waals surface area contributed by atoms with E-state index in [1.54, 1.807) is 0 Å². The van der Waals surface area contributed by atoms with Crippen LogP contribution in [-0.2, 0) is 24.9 Å². The Morgan fingerprint density at radius 3 is 1.77 bits per heavy atom. The Labute approximate surface area is 189 Å². The van der Waals surface area contributed by atoms with Crippen molar-refractivity contribution in [3.05, 3.63) is 30.6 Å². The molecule has 1 rings (SSSR count). The number of ether oxygens (including phenoxy) is 1. The molecule has 0 spiro atoms. The maximum Gasteiger partial charge on any atom is 0.268 e. The number of phosphoric acid groups is 1. The first kappa shape index (κ1) is 28.3. The van der Waals surface area contributed by atoms with Crippen LogP contribution in [0.3, 0.4) is 0 Å². The average Bonchev–Trinajstić information content (AvgIpc) is 2.76. The van der Waals surface area contributed by atoms with Crippen molar-refractivity contribution in [2.45, 2.75) is 96.9 Å². The lowest BCUT2D eigenvalue weighted by molar-refractivity contribution is -0.697. The second-order valence-electron chi connectivity index (χ2n) is 8.08. The van der Waals surface area contributed by atoms with Crippen molar-refractivity contribution in [1.82, 2.24) is 0 Å². The van der Waals surface area contributed by atoms with Gasteiger partial charge >= 0.3 is 0 Å². The molecule has 0 radical (unpaired) electrons. The van der Waals surface area contributed by atoms with Crippen LogP contribution in [0.4, 0.5) is 0 Å². The van der Waals surface area contributed by atoms with Crippen LogP contribution in [0.15, 0.2) is 30.6 Å². The predicted octanol–water partition coefficient (Wildman–Crippen LogP) is 5.58. The maximum atomic E-state index is 11.7. The topological polar surface area (TPSA) is 71.7 Å². The Hall–Kier alpha value is -0.780. The number of hydrogen-bond donors (Lipinski definition) is 0. The number of aromatic nitrogens is 1. The number of rotatable bonds is 22. The van der Waals surface area contributed by atoms with Gasteiger partial charge in [-0.25, -0.2) is 4.57 Å². The molecule has 31 heavy (non-hydrogen) atoms. The minimum absolute atomic E-state index is 0.00228. The summed E-state index contributed by atoms with van der Waals surface area (Å²) in [5, 5.41) is 0. The fourth-order valence-corrected chi connectivity index (χ4v) is 4.09. The van der Waals surface area contributed by atoms with E-state index in [2.05, 4.69) is 6.92 Å². The van der Waals surface area contributed by atoms with Crippen molar-refractivity contribution in [2.24, 2.45) is 0 Å². The molecule has 0 saturated carbocycles.